The number of rotatable bonds is 5. The van der Waals surface area contributed by atoms with Gasteiger partial charge in [-0.2, -0.15) is 0 Å². The fourth-order valence-corrected chi connectivity index (χ4v) is 5.05. The van der Waals surface area contributed by atoms with Crippen LogP contribution in [0.4, 0.5) is 4.39 Å². The lowest BCUT2D eigenvalue weighted by Crippen LogP contribution is -2.39. The number of piperidine rings is 1. The Morgan fingerprint density at radius 3 is 2.18 bits per heavy atom. The summed E-state index contributed by atoms with van der Waals surface area (Å²) >= 11 is 0. The Hall–Kier alpha value is -3.66. The third-order valence-electron chi connectivity index (χ3n) is 6.91. The molecule has 1 aliphatic heterocycles. The van der Waals surface area contributed by atoms with Crippen molar-refractivity contribution >= 4 is 5.91 Å². The molecule has 0 spiro atoms. The van der Waals surface area contributed by atoms with Crippen LogP contribution in [0.5, 0.6) is 0 Å². The standard InChI is InChI=1S/C30H29FN2O/c1-22-26(30(34)32-18-16-24(17-19-32)20-23-10-4-2-5-11-23)21-29(25-12-6-3-7-13-25)33(22)28-15-9-8-14-27(28)31/h2-15,21,24H,16-20H2,1H3. The van der Waals surface area contributed by atoms with Crippen molar-refractivity contribution in [3.8, 4) is 16.9 Å². The number of aromatic nitrogens is 1. The predicted octanol–water partition coefficient (Wildman–Crippen LogP) is 6.69. The van der Waals surface area contributed by atoms with Crippen LogP contribution in [-0.4, -0.2) is 28.5 Å². The van der Waals surface area contributed by atoms with Gasteiger partial charge in [0.25, 0.3) is 5.91 Å². The average molecular weight is 453 g/mol. The first-order valence-electron chi connectivity index (χ1n) is 12.0. The molecule has 1 aliphatic rings. The van der Waals surface area contributed by atoms with E-state index in [1.54, 1.807) is 12.1 Å². The van der Waals surface area contributed by atoms with Gasteiger partial charge in [-0.15, -0.1) is 0 Å². The molecule has 3 nitrogen and oxygen atoms in total. The zero-order chi connectivity index (χ0) is 23.5. The van der Waals surface area contributed by atoms with E-state index >= 15 is 0 Å². The maximum atomic E-state index is 14.8. The molecule has 0 saturated carbocycles. The highest BCUT2D eigenvalue weighted by atomic mass is 19.1. The van der Waals surface area contributed by atoms with Gasteiger partial charge in [0, 0.05) is 18.8 Å². The zero-order valence-electron chi connectivity index (χ0n) is 19.5. The van der Waals surface area contributed by atoms with Crippen molar-refractivity contribution < 1.29 is 9.18 Å². The van der Waals surface area contributed by atoms with Crippen molar-refractivity contribution in [3.05, 3.63) is 114 Å². The fraction of sp³-hybridized carbons (Fsp3) is 0.233. The number of amides is 1. The fourth-order valence-electron chi connectivity index (χ4n) is 5.05. The number of hydrogen-bond acceptors (Lipinski definition) is 1. The summed E-state index contributed by atoms with van der Waals surface area (Å²) < 4.78 is 16.7. The second kappa shape index (κ2) is 9.68. The van der Waals surface area contributed by atoms with Crippen molar-refractivity contribution in [3.63, 3.8) is 0 Å². The lowest BCUT2D eigenvalue weighted by Gasteiger charge is -2.32. The molecule has 0 unspecified atom stereocenters. The number of nitrogens with zero attached hydrogens (tertiary/aromatic N) is 2. The Bertz CT molecular complexity index is 1270. The molecule has 0 radical (unpaired) electrons. The summed E-state index contributed by atoms with van der Waals surface area (Å²) in [6.07, 6.45) is 3.06. The highest BCUT2D eigenvalue weighted by molar-refractivity contribution is 5.97. The van der Waals surface area contributed by atoms with Crippen LogP contribution in [0.1, 0.15) is 34.5 Å². The monoisotopic (exact) mass is 452 g/mol. The van der Waals surface area contributed by atoms with Gasteiger partial charge >= 0.3 is 0 Å². The third-order valence-corrected chi connectivity index (χ3v) is 6.91. The number of likely N-dealkylation sites (tertiary alicyclic amines) is 1. The quantitative estimate of drug-likeness (QED) is 0.331. The molecule has 34 heavy (non-hydrogen) atoms. The molecule has 4 heteroatoms. The van der Waals surface area contributed by atoms with E-state index in [0.717, 1.165) is 49.3 Å². The van der Waals surface area contributed by atoms with Gasteiger partial charge in [0.2, 0.25) is 0 Å². The molecule has 0 bridgehead atoms. The minimum absolute atomic E-state index is 0.0305. The van der Waals surface area contributed by atoms with Crippen LogP contribution >= 0.6 is 0 Å². The van der Waals surface area contributed by atoms with Crippen LogP contribution in [0.25, 0.3) is 16.9 Å². The average Bonchev–Trinajstić information content (AvgIpc) is 3.22. The largest absolute Gasteiger partial charge is 0.339 e. The van der Waals surface area contributed by atoms with Crippen LogP contribution < -0.4 is 0 Å². The van der Waals surface area contributed by atoms with Gasteiger partial charge in [0.05, 0.1) is 16.9 Å². The summed E-state index contributed by atoms with van der Waals surface area (Å²) in [5, 5.41) is 0. The van der Waals surface area contributed by atoms with E-state index < -0.39 is 0 Å². The summed E-state index contributed by atoms with van der Waals surface area (Å²) in [5.41, 5.74) is 5.00. The molecular weight excluding hydrogens is 423 g/mol. The second-order valence-electron chi connectivity index (χ2n) is 9.11. The number of benzene rings is 3. The SMILES string of the molecule is Cc1c(C(=O)N2CCC(Cc3ccccc3)CC2)cc(-c2ccccc2)n1-c1ccccc1F. The summed E-state index contributed by atoms with van der Waals surface area (Å²) in [7, 11) is 0. The van der Waals surface area contributed by atoms with Crippen molar-refractivity contribution in [1.82, 2.24) is 9.47 Å². The maximum absolute atomic E-state index is 14.8. The smallest absolute Gasteiger partial charge is 0.255 e. The number of carbonyl (C=O) groups excluding carboxylic acids is 1. The lowest BCUT2D eigenvalue weighted by molar-refractivity contribution is 0.0690. The molecule has 1 amide bonds. The van der Waals surface area contributed by atoms with Crippen molar-refractivity contribution in [1.29, 1.82) is 0 Å². The molecule has 172 valence electrons. The molecule has 0 N–H and O–H groups in total. The Kier molecular flexibility index (Phi) is 6.31. The van der Waals surface area contributed by atoms with Crippen LogP contribution in [0, 0.1) is 18.7 Å². The molecule has 0 aliphatic carbocycles. The first kappa shape index (κ1) is 22.1. The molecular formula is C30H29FN2O. The topological polar surface area (TPSA) is 25.2 Å². The van der Waals surface area contributed by atoms with E-state index in [9.17, 15) is 9.18 Å². The normalized spacial score (nSPS) is 14.4. The molecule has 4 aromatic rings. The van der Waals surface area contributed by atoms with Gasteiger partial charge in [-0.05, 0) is 61.4 Å². The number of para-hydroxylation sites is 1. The van der Waals surface area contributed by atoms with Gasteiger partial charge in [-0.1, -0.05) is 72.8 Å². The summed E-state index contributed by atoms with van der Waals surface area (Å²) in [6.45, 7) is 3.41. The Morgan fingerprint density at radius 1 is 0.882 bits per heavy atom. The summed E-state index contributed by atoms with van der Waals surface area (Å²) in [6, 6.07) is 29.1. The lowest BCUT2D eigenvalue weighted by atomic mass is 9.90. The molecule has 1 saturated heterocycles. The van der Waals surface area contributed by atoms with Crippen LogP contribution in [0.15, 0.2) is 91.0 Å². The molecule has 0 atom stereocenters. The number of carbonyl (C=O) groups is 1. The minimum atomic E-state index is -0.306. The van der Waals surface area contributed by atoms with Crippen LogP contribution in [0.2, 0.25) is 0 Å². The first-order chi connectivity index (χ1) is 16.6. The predicted molar refractivity (Wildman–Crippen MR) is 135 cm³/mol. The van der Waals surface area contributed by atoms with E-state index in [2.05, 4.69) is 24.3 Å². The minimum Gasteiger partial charge on any atom is -0.339 e. The maximum Gasteiger partial charge on any atom is 0.255 e. The van der Waals surface area contributed by atoms with E-state index in [1.807, 2.05) is 64.9 Å². The van der Waals surface area contributed by atoms with E-state index in [4.69, 9.17) is 0 Å². The van der Waals surface area contributed by atoms with Gasteiger partial charge in [0.1, 0.15) is 5.82 Å². The van der Waals surface area contributed by atoms with Crippen molar-refractivity contribution in [2.75, 3.05) is 13.1 Å². The highest BCUT2D eigenvalue weighted by Gasteiger charge is 2.28. The van der Waals surface area contributed by atoms with E-state index in [1.165, 1.54) is 11.6 Å². The Labute approximate surface area is 200 Å². The highest BCUT2D eigenvalue weighted by Crippen LogP contribution is 2.32. The molecule has 1 aromatic heterocycles. The van der Waals surface area contributed by atoms with Crippen LogP contribution in [-0.2, 0) is 6.42 Å². The van der Waals surface area contributed by atoms with Crippen LogP contribution in [0.3, 0.4) is 0 Å². The van der Waals surface area contributed by atoms with E-state index in [0.29, 0.717) is 17.2 Å². The van der Waals surface area contributed by atoms with Crippen molar-refractivity contribution in [2.45, 2.75) is 26.2 Å². The molecule has 5 rings (SSSR count). The van der Waals surface area contributed by atoms with Gasteiger partial charge in [0.15, 0.2) is 0 Å². The molecule has 3 aromatic carbocycles. The third kappa shape index (κ3) is 4.41. The molecule has 2 heterocycles. The number of halogens is 1. The number of hydrogen-bond donors (Lipinski definition) is 0. The second-order valence-corrected chi connectivity index (χ2v) is 9.11. The van der Waals surface area contributed by atoms with Gasteiger partial charge in [-0.25, -0.2) is 4.39 Å². The van der Waals surface area contributed by atoms with Gasteiger partial charge < -0.3 is 9.47 Å². The van der Waals surface area contributed by atoms with Crippen molar-refractivity contribution in [2.24, 2.45) is 5.92 Å². The summed E-state index contributed by atoms with van der Waals surface area (Å²) in [5.74, 6) is 0.317. The van der Waals surface area contributed by atoms with Gasteiger partial charge in [-0.3, -0.25) is 4.79 Å². The summed E-state index contributed by atoms with van der Waals surface area (Å²) in [4.78, 5) is 15.6. The zero-order valence-corrected chi connectivity index (χ0v) is 19.5. The Morgan fingerprint density at radius 2 is 1.50 bits per heavy atom. The van der Waals surface area contributed by atoms with E-state index in [-0.39, 0.29) is 11.7 Å². The first-order valence-corrected chi connectivity index (χ1v) is 12.0. The Balaban J connectivity index is 1.42. The molecule has 1 fully saturated rings.